The molecule has 4 unspecified atom stereocenters. The molecule has 0 bridgehead atoms. The van der Waals surface area contributed by atoms with Gasteiger partial charge in [-0.2, -0.15) is 0 Å². The van der Waals surface area contributed by atoms with Gasteiger partial charge in [0, 0.05) is 31.2 Å². The van der Waals surface area contributed by atoms with Crippen LogP contribution in [0, 0.1) is 17.8 Å². The van der Waals surface area contributed by atoms with Gasteiger partial charge < -0.3 is 5.32 Å². The second-order valence-corrected chi connectivity index (χ2v) is 7.24. The maximum absolute atomic E-state index is 3.78. The van der Waals surface area contributed by atoms with E-state index in [9.17, 15) is 0 Å². The molecule has 1 aliphatic heterocycles. The zero-order valence-electron chi connectivity index (χ0n) is 12.9. The first kappa shape index (κ1) is 14.3. The minimum atomic E-state index is 0.688. The highest BCUT2D eigenvalue weighted by Crippen LogP contribution is 2.33. The summed E-state index contributed by atoms with van der Waals surface area (Å²) < 4.78 is 0. The van der Waals surface area contributed by atoms with Gasteiger partial charge in [-0.25, -0.2) is 0 Å². The van der Waals surface area contributed by atoms with Crippen LogP contribution in [0.15, 0.2) is 0 Å². The summed E-state index contributed by atoms with van der Waals surface area (Å²) in [6.07, 6.45) is 4.30. The Morgan fingerprint density at radius 3 is 2.28 bits per heavy atom. The molecule has 2 fully saturated rings. The van der Waals surface area contributed by atoms with Crippen molar-refractivity contribution in [3.63, 3.8) is 0 Å². The van der Waals surface area contributed by atoms with Gasteiger partial charge in [-0.3, -0.25) is 4.90 Å². The number of nitrogens with zero attached hydrogens (tertiary/aromatic N) is 1. The van der Waals surface area contributed by atoms with Gasteiger partial charge in [-0.05, 0) is 30.6 Å². The van der Waals surface area contributed by atoms with E-state index in [1.54, 1.807) is 0 Å². The lowest BCUT2D eigenvalue weighted by molar-refractivity contribution is 0.0331. The molecule has 0 amide bonds. The lowest BCUT2D eigenvalue weighted by Crippen LogP contribution is -2.62. The summed E-state index contributed by atoms with van der Waals surface area (Å²) in [4.78, 5) is 2.86. The van der Waals surface area contributed by atoms with E-state index in [4.69, 9.17) is 0 Å². The van der Waals surface area contributed by atoms with Gasteiger partial charge in [0.05, 0.1) is 0 Å². The highest BCUT2D eigenvalue weighted by molar-refractivity contribution is 4.95. The van der Waals surface area contributed by atoms with Crippen LogP contribution in [0.1, 0.15) is 53.9 Å². The summed E-state index contributed by atoms with van der Waals surface area (Å²) in [6.45, 7) is 14.4. The third-order valence-corrected chi connectivity index (χ3v) is 5.24. The van der Waals surface area contributed by atoms with Crippen LogP contribution in [0.5, 0.6) is 0 Å². The van der Waals surface area contributed by atoms with Crippen molar-refractivity contribution in [1.82, 2.24) is 10.2 Å². The number of hydrogen-bond acceptors (Lipinski definition) is 2. The van der Waals surface area contributed by atoms with Crippen molar-refractivity contribution in [2.45, 2.75) is 72.0 Å². The first-order valence-corrected chi connectivity index (χ1v) is 7.99. The maximum Gasteiger partial charge on any atom is 0.0247 e. The SMILES string of the molecule is CC(C)C1CN(C2CCCC2C)C(C(C)C)CN1. The van der Waals surface area contributed by atoms with E-state index < -0.39 is 0 Å². The number of rotatable bonds is 3. The maximum atomic E-state index is 3.78. The molecule has 2 aliphatic rings. The Kier molecular flexibility index (Phi) is 4.71. The van der Waals surface area contributed by atoms with E-state index >= 15 is 0 Å². The Hall–Kier alpha value is -0.0800. The van der Waals surface area contributed by atoms with E-state index in [0.717, 1.165) is 29.8 Å². The average molecular weight is 252 g/mol. The molecule has 1 N–H and O–H groups in total. The molecule has 1 saturated carbocycles. The van der Waals surface area contributed by atoms with Crippen LogP contribution in [0.4, 0.5) is 0 Å². The summed E-state index contributed by atoms with van der Waals surface area (Å²) >= 11 is 0. The number of hydrogen-bond donors (Lipinski definition) is 1. The third-order valence-electron chi connectivity index (χ3n) is 5.24. The second-order valence-electron chi connectivity index (χ2n) is 7.24. The first-order chi connectivity index (χ1) is 8.50. The average Bonchev–Trinajstić information content (AvgIpc) is 2.74. The largest absolute Gasteiger partial charge is 0.311 e. The van der Waals surface area contributed by atoms with Gasteiger partial charge in [0.2, 0.25) is 0 Å². The normalized spacial score (nSPS) is 38.8. The van der Waals surface area contributed by atoms with Gasteiger partial charge in [0.15, 0.2) is 0 Å². The molecule has 2 rings (SSSR count). The summed E-state index contributed by atoms with van der Waals surface area (Å²) in [5.41, 5.74) is 0. The lowest BCUT2D eigenvalue weighted by atomic mass is 9.90. The zero-order chi connectivity index (χ0) is 13.3. The smallest absolute Gasteiger partial charge is 0.0247 e. The van der Waals surface area contributed by atoms with Crippen molar-refractivity contribution in [3.8, 4) is 0 Å². The molecule has 0 spiro atoms. The van der Waals surface area contributed by atoms with Crippen LogP contribution in [0.2, 0.25) is 0 Å². The van der Waals surface area contributed by atoms with Crippen LogP contribution < -0.4 is 5.32 Å². The highest BCUT2D eigenvalue weighted by Gasteiger charge is 2.38. The zero-order valence-corrected chi connectivity index (χ0v) is 12.9. The predicted octanol–water partition coefficient (Wildman–Crippen LogP) is 3.13. The number of piperazine rings is 1. The van der Waals surface area contributed by atoms with E-state index in [-0.39, 0.29) is 0 Å². The minimum Gasteiger partial charge on any atom is -0.311 e. The molecule has 0 radical (unpaired) electrons. The van der Waals surface area contributed by atoms with Gasteiger partial charge in [-0.15, -0.1) is 0 Å². The van der Waals surface area contributed by atoms with Crippen molar-refractivity contribution < 1.29 is 0 Å². The van der Waals surface area contributed by atoms with Gasteiger partial charge in [0.25, 0.3) is 0 Å². The standard InChI is InChI=1S/C16H32N2/c1-11(2)14-10-18(15-8-6-7-13(15)5)16(9-17-14)12(3)4/h11-17H,6-10H2,1-5H3. The molecule has 1 aliphatic carbocycles. The number of nitrogens with one attached hydrogen (secondary N) is 1. The Morgan fingerprint density at radius 1 is 1.06 bits per heavy atom. The highest BCUT2D eigenvalue weighted by atomic mass is 15.3. The molecule has 0 aromatic heterocycles. The molecule has 0 aromatic rings. The predicted molar refractivity (Wildman–Crippen MR) is 78.8 cm³/mol. The van der Waals surface area contributed by atoms with Crippen molar-refractivity contribution in [2.24, 2.45) is 17.8 Å². The van der Waals surface area contributed by atoms with Crippen LogP contribution in [-0.2, 0) is 0 Å². The summed E-state index contributed by atoms with van der Waals surface area (Å²) in [7, 11) is 0. The monoisotopic (exact) mass is 252 g/mol. The van der Waals surface area contributed by atoms with Crippen molar-refractivity contribution in [2.75, 3.05) is 13.1 Å². The van der Waals surface area contributed by atoms with Gasteiger partial charge in [-0.1, -0.05) is 41.0 Å². The Labute approximate surface area is 114 Å². The second kappa shape index (κ2) is 5.92. The molecular formula is C16H32N2. The van der Waals surface area contributed by atoms with Crippen molar-refractivity contribution in [1.29, 1.82) is 0 Å². The fourth-order valence-corrected chi connectivity index (χ4v) is 3.88. The molecule has 18 heavy (non-hydrogen) atoms. The van der Waals surface area contributed by atoms with Crippen LogP contribution in [0.25, 0.3) is 0 Å². The van der Waals surface area contributed by atoms with E-state index in [2.05, 4.69) is 44.8 Å². The topological polar surface area (TPSA) is 15.3 Å². The fraction of sp³-hybridized carbons (Fsp3) is 1.00. The lowest BCUT2D eigenvalue weighted by Gasteiger charge is -2.47. The Balaban J connectivity index is 2.09. The summed E-state index contributed by atoms with van der Waals surface area (Å²) in [5.74, 6) is 2.41. The molecular weight excluding hydrogens is 220 g/mol. The van der Waals surface area contributed by atoms with Crippen molar-refractivity contribution >= 4 is 0 Å². The van der Waals surface area contributed by atoms with Crippen LogP contribution >= 0.6 is 0 Å². The molecule has 1 heterocycles. The Bertz CT molecular complexity index is 260. The quantitative estimate of drug-likeness (QED) is 0.830. The Morgan fingerprint density at radius 2 is 1.78 bits per heavy atom. The summed E-state index contributed by atoms with van der Waals surface area (Å²) in [5, 5.41) is 3.78. The summed E-state index contributed by atoms with van der Waals surface area (Å²) in [6, 6.07) is 2.28. The third kappa shape index (κ3) is 2.91. The minimum absolute atomic E-state index is 0.688. The molecule has 106 valence electrons. The molecule has 4 atom stereocenters. The molecule has 2 heteroatoms. The first-order valence-electron chi connectivity index (χ1n) is 7.99. The van der Waals surface area contributed by atoms with E-state index in [1.165, 1.54) is 32.4 Å². The fourth-order valence-electron chi connectivity index (χ4n) is 3.88. The molecule has 1 saturated heterocycles. The van der Waals surface area contributed by atoms with Crippen LogP contribution in [0.3, 0.4) is 0 Å². The van der Waals surface area contributed by atoms with Crippen molar-refractivity contribution in [3.05, 3.63) is 0 Å². The van der Waals surface area contributed by atoms with E-state index in [1.807, 2.05) is 0 Å². The molecule has 0 aromatic carbocycles. The van der Waals surface area contributed by atoms with E-state index in [0.29, 0.717) is 6.04 Å². The van der Waals surface area contributed by atoms with Crippen LogP contribution in [-0.4, -0.2) is 36.1 Å². The van der Waals surface area contributed by atoms with Gasteiger partial charge >= 0.3 is 0 Å². The molecule has 2 nitrogen and oxygen atoms in total. The van der Waals surface area contributed by atoms with Gasteiger partial charge in [0.1, 0.15) is 0 Å².